The van der Waals surface area contributed by atoms with Crippen molar-refractivity contribution in [1.29, 1.82) is 0 Å². The van der Waals surface area contributed by atoms with Gasteiger partial charge in [-0.05, 0) is 37.1 Å². The highest BCUT2D eigenvalue weighted by Crippen LogP contribution is 2.21. The summed E-state index contributed by atoms with van der Waals surface area (Å²) in [5.74, 6) is 0. The summed E-state index contributed by atoms with van der Waals surface area (Å²) < 4.78 is 0. The maximum absolute atomic E-state index is 4.43. The molecule has 0 saturated carbocycles. The molecule has 1 heteroatoms. The van der Waals surface area contributed by atoms with Crippen LogP contribution in [0.4, 0.5) is 0 Å². The minimum absolute atomic E-state index is 0.812. The summed E-state index contributed by atoms with van der Waals surface area (Å²) in [6.45, 7) is 19.0. The fraction of sp³-hybridized carbons (Fsp3) is 0.0870. The van der Waals surface area contributed by atoms with E-state index in [1.807, 2.05) is 62.5 Å². The van der Waals surface area contributed by atoms with Crippen molar-refractivity contribution in [2.24, 2.45) is 4.99 Å². The first-order valence-electron chi connectivity index (χ1n) is 7.79. The van der Waals surface area contributed by atoms with Crippen molar-refractivity contribution in [3.63, 3.8) is 0 Å². The number of rotatable bonds is 10. The van der Waals surface area contributed by atoms with Gasteiger partial charge < -0.3 is 0 Å². The monoisotopic (exact) mass is 317 g/mol. The van der Waals surface area contributed by atoms with Gasteiger partial charge in [0, 0.05) is 11.8 Å². The van der Waals surface area contributed by atoms with Crippen LogP contribution < -0.4 is 0 Å². The molecule has 0 aliphatic carbocycles. The van der Waals surface area contributed by atoms with Crippen LogP contribution in [0.5, 0.6) is 0 Å². The van der Waals surface area contributed by atoms with Crippen LogP contribution >= 0.6 is 0 Å². The maximum atomic E-state index is 4.43. The van der Waals surface area contributed by atoms with Gasteiger partial charge in [-0.25, -0.2) is 0 Å². The highest BCUT2D eigenvalue weighted by Gasteiger charge is 2.03. The lowest BCUT2D eigenvalue weighted by Crippen LogP contribution is -1.89. The van der Waals surface area contributed by atoms with Crippen LogP contribution in [0, 0.1) is 0 Å². The third-order valence-corrected chi connectivity index (χ3v) is 2.93. The molecule has 24 heavy (non-hydrogen) atoms. The average Bonchev–Trinajstić information content (AvgIpc) is 2.60. The largest absolute Gasteiger partial charge is 0.256 e. The van der Waals surface area contributed by atoms with Crippen molar-refractivity contribution >= 4 is 6.21 Å². The van der Waals surface area contributed by atoms with Gasteiger partial charge >= 0.3 is 0 Å². The van der Waals surface area contributed by atoms with Gasteiger partial charge in [0.25, 0.3) is 0 Å². The molecular weight excluding hydrogens is 290 g/mol. The number of allylic oxidation sites excluding steroid dienone is 14. The second-order valence-corrected chi connectivity index (χ2v) is 4.59. The molecule has 0 spiro atoms. The predicted molar refractivity (Wildman–Crippen MR) is 111 cm³/mol. The van der Waals surface area contributed by atoms with E-state index < -0.39 is 0 Å². The van der Waals surface area contributed by atoms with E-state index in [1.54, 1.807) is 24.4 Å². The highest BCUT2D eigenvalue weighted by molar-refractivity contribution is 5.72. The van der Waals surface area contributed by atoms with Gasteiger partial charge in [0.05, 0.1) is 5.70 Å². The molecule has 0 fully saturated rings. The second-order valence-electron chi connectivity index (χ2n) is 4.59. The zero-order chi connectivity index (χ0) is 18.2. The van der Waals surface area contributed by atoms with Crippen molar-refractivity contribution in [2.75, 3.05) is 0 Å². The van der Waals surface area contributed by atoms with E-state index in [0.29, 0.717) is 0 Å². The van der Waals surface area contributed by atoms with E-state index >= 15 is 0 Å². The Labute approximate surface area is 147 Å². The molecule has 0 saturated heterocycles. The summed E-state index contributed by atoms with van der Waals surface area (Å²) in [5, 5.41) is 0. The van der Waals surface area contributed by atoms with Gasteiger partial charge in [-0.3, -0.25) is 4.99 Å². The standard InChI is InChI=1S/C23H27N/c1-7-13-14-17-20(11-5)21(12-6)19-22(15-8-2)23(16-9-3)24-18-10-4/h7-19H,1,3-5H2,2,6H3/b14-13-,15-8-,20-17+,21-12+,22-19+,23-16-,24-18?. The topological polar surface area (TPSA) is 12.4 Å². The number of hydrogen-bond acceptors (Lipinski definition) is 1. The smallest absolute Gasteiger partial charge is 0.0701 e. The zero-order valence-corrected chi connectivity index (χ0v) is 14.8. The minimum atomic E-state index is 0.812. The Morgan fingerprint density at radius 3 is 2.04 bits per heavy atom. The van der Waals surface area contributed by atoms with Crippen LogP contribution in [-0.4, -0.2) is 6.21 Å². The molecule has 0 rings (SSSR count). The van der Waals surface area contributed by atoms with Crippen LogP contribution in [0.25, 0.3) is 0 Å². The molecule has 0 amide bonds. The summed E-state index contributed by atoms with van der Waals surface area (Å²) in [4.78, 5) is 4.43. The predicted octanol–water partition coefficient (Wildman–Crippen LogP) is 6.62. The third-order valence-electron chi connectivity index (χ3n) is 2.93. The van der Waals surface area contributed by atoms with Gasteiger partial charge in [-0.1, -0.05) is 87.1 Å². The average molecular weight is 317 g/mol. The minimum Gasteiger partial charge on any atom is -0.256 e. The molecule has 124 valence electrons. The van der Waals surface area contributed by atoms with E-state index in [9.17, 15) is 0 Å². The highest BCUT2D eigenvalue weighted by atomic mass is 14.7. The van der Waals surface area contributed by atoms with Crippen molar-refractivity contribution in [2.45, 2.75) is 13.8 Å². The molecule has 0 N–H and O–H groups in total. The van der Waals surface area contributed by atoms with Crippen molar-refractivity contribution in [1.82, 2.24) is 0 Å². The molecule has 0 radical (unpaired) electrons. The summed E-state index contributed by atoms with van der Waals surface area (Å²) in [6, 6.07) is 0. The van der Waals surface area contributed by atoms with Gasteiger partial charge in [0.1, 0.15) is 0 Å². The molecule has 0 heterocycles. The Morgan fingerprint density at radius 2 is 1.54 bits per heavy atom. The maximum Gasteiger partial charge on any atom is 0.0701 e. The summed E-state index contributed by atoms with van der Waals surface area (Å²) >= 11 is 0. The Kier molecular flexibility index (Phi) is 12.0. The van der Waals surface area contributed by atoms with Gasteiger partial charge in [0.15, 0.2) is 0 Å². The van der Waals surface area contributed by atoms with Crippen LogP contribution in [0.1, 0.15) is 13.8 Å². The first kappa shape index (κ1) is 21.1. The molecule has 1 nitrogen and oxygen atoms in total. The molecule has 0 atom stereocenters. The van der Waals surface area contributed by atoms with E-state index in [1.165, 1.54) is 0 Å². The van der Waals surface area contributed by atoms with E-state index in [4.69, 9.17) is 0 Å². The molecule has 0 unspecified atom stereocenters. The summed E-state index contributed by atoms with van der Waals surface area (Å²) in [5.41, 5.74) is 3.86. The van der Waals surface area contributed by atoms with Crippen LogP contribution in [0.3, 0.4) is 0 Å². The van der Waals surface area contributed by atoms with E-state index in [0.717, 1.165) is 22.4 Å². The Hall–Kier alpha value is -2.93. The molecule has 0 aliphatic rings. The van der Waals surface area contributed by atoms with Crippen molar-refractivity contribution in [3.8, 4) is 0 Å². The normalized spacial score (nSPS) is 14.6. The molecule has 0 aliphatic heterocycles. The lowest BCUT2D eigenvalue weighted by Gasteiger charge is -2.07. The summed E-state index contributed by atoms with van der Waals surface area (Å²) in [6.07, 6.45) is 24.4. The number of hydrogen-bond donors (Lipinski definition) is 0. The number of nitrogens with zero attached hydrogens (tertiary/aromatic N) is 1. The fourth-order valence-corrected chi connectivity index (χ4v) is 1.87. The van der Waals surface area contributed by atoms with Crippen LogP contribution in [0.15, 0.2) is 127 Å². The summed E-state index contributed by atoms with van der Waals surface area (Å²) in [7, 11) is 0. The molecule has 0 aromatic rings. The SMILES string of the molecule is C=CC=NC(=C\C=C)/C(/C=C\C)=C/C(=C\C)C(/C=C)=C/C=C\C=C. The Bertz CT molecular complexity index is 656. The number of aliphatic imine (C=N–C) groups is 1. The lowest BCUT2D eigenvalue weighted by molar-refractivity contribution is 1.33. The quantitative estimate of drug-likeness (QED) is 0.317. The lowest BCUT2D eigenvalue weighted by atomic mass is 10.00. The second kappa shape index (κ2) is 13.7. The van der Waals surface area contributed by atoms with Crippen molar-refractivity contribution < 1.29 is 0 Å². The van der Waals surface area contributed by atoms with E-state index in [2.05, 4.69) is 37.4 Å². The molecule has 0 aromatic heterocycles. The first-order valence-corrected chi connectivity index (χ1v) is 7.79. The zero-order valence-electron chi connectivity index (χ0n) is 14.8. The van der Waals surface area contributed by atoms with E-state index in [-0.39, 0.29) is 0 Å². The van der Waals surface area contributed by atoms with Crippen LogP contribution in [0.2, 0.25) is 0 Å². The van der Waals surface area contributed by atoms with Gasteiger partial charge in [-0.15, -0.1) is 0 Å². The fourth-order valence-electron chi connectivity index (χ4n) is 1.87. The van der Waals surface area contributed by atoms with Crippen LogP contribution in [-0.2, 0) is 0 Å². The Morgan fingerprint density at radius 1 is 0.792 bits per heavy atom. The molecular formula is C23H27N. The molecule has 0 aromatic carbocycles. The Balaban J connectivity index is 6.08. The first-order chi connectivity index (χ1) is 11.7. The van der Waals surface area contributed by atoms with Crippen molar-refractivity contribution in [3.05, 3.63) is 122 Å². The van der Waals surface area contributed by atoms with Gasteiger partial charge in [-0.2, -0.15) is 0 Å². The van der Waals surface area contributed by atoms with Gasteiger partial charge in [0.2, 0.25) is 0 Å². The third kappa shape index (κ3) is 7.90. The molecule has 0 bridgehead atoms.